The van der Waals surface area contributed by atoms with E-state index >= 15 is 0 Å². The van der Waals surface area contributed by atoms with Crippen molar-refractivity contribution in [2.75, 3.05) is 24.6 Å². The molecule has 1 saturated heterocycles. The van der Waals surface area contributed by atoms with Crippen molar-refractivity contribution in [3.8, 4) is 17.0 Å². The summed E-state index contributed by atoms with van der Waals surface area (Å²) >= 11 is 0. The molecule has 3 aromatic rings. The number of morpholine rings is 1. The number of ether oxygens (including phenoxy) is 1. The second kappa shape index (κ2) is 6.62. The molecule has 0 unspecified atom stereocenters. The zero-order chi connectivity index (χ0) is 20.1. The second-order valence-corrected chi connectivity index (χ2v) is 6.78. The first kappa shape index (κ1) is 18.5. The molecule has 148 valence electrons. The molecule has 7 nitrogen and oxygen atoms in total. The number of benzene rings is 1. The van der Waals surface area contributed by atoms with E-state index in [1.165, 1.54) is 11.4 Å². The van der Waals surface area contributed by atoms with Crippen LogP contribution in [0.3, 0.4) is 0 Å². The molecule has 1 aromatic carbocycles. The summed E-state index contributed by atoms with van der Waals surface area (Å²) in [5.74, 6) is 0.324. The third-order valence-electron chi connectivity index (χ3n) is 4.62. The number of aromatic nitrogens is 4. The first-order valence-electron chi connectivity index (χ1n) is 8.73. The van der Waals surface area contributed by atoms with Gasteiger partial charge in [-0.25, -0.2) is 9.50 Å². The van der Waals surface area contributed by atoms with Crippen LogP contribution in [0, 0.1) is 6.92 Å². The molecule has 0 aliphatic carbocycles. The average Bonchev–Trinajstić information content (AvgIpc) is 3.04. The minimum Gasteiger partial charge on any atom is -0.507 e. The number of fused-ring (bicyclic) bond motifs is 1. The summed E-state index contributed by atoms with van der Waals surface area (Å²) < 4.78 is 45.8. The van der Waals surface area contributed by atoms with E-state index in [1.54, 1.807) is 12.3 Å². The molecule has 0 amide bonds. The minimum absolute atomic E-state index is 0.0654. The van der Waals surface area contributed by atoms with E-state index < -0.39 is 17.5 Å². The van der Waals surface area contributed by atoms with Gasteiger partial charge in [0.25, 0.3) is 5.78 Å². The Kier molecular flexibility index (Phi) is 4.37. The molecular weight excluding hydrogens is 375 g/mol. The molecule has 10 heteroatoms. The molecule has 1 atom stereocenters. The highest BCUT2D eigenvalue weighted by Gasteiger charge is 2.32. The predicted octanol–water partition coefficient (Wildman–Crippen LogP) is 3.05. The van der Waals surface area contributed by atoms with Crippen molar-refractivity contribution < 1.29 is 23.0 Å². The number of hydrogen-bond donors (Lipinski definition) is 1. The van der Waals surface area contributed by atoms with Crippen LogP contribution in [-0.2, 0) is 10.9 Å². The van der Waals surface area contributed by atoms with Crippen molar-refractivity contribution in [3.05, 3.63) is 35.5 Å². The van der Waals surface area contributed by atoms with Gasteiger partial charge in [0.1, 0.15) is 5.75 Å². The Morgan fingerprint density at radius 1 is 1.25 bits per heavy atom. The van der Waals surface area contributed by atoms with Crippen molar-refractivity contribution in [2.45, 2.75) is 26.1 Å². The standard InChI is InChI=1S/C18H18F3N5O2/c1-10-7-12(18(19,20)21)8-14(27)15(10)13-3-4-26-16(22-13)23-17(24-26)25-5-6-28-11(2)9-25/h3-4,7-8,11,27H,5-6,9H2,1-2H3/t11-/m0/s1. The lowest BCUT2D eigenvalue weighted by Gasteiger charge is -2.29. The Bertz CT molecular complexity index is 1010. The number of phenolic OH excluding ortho intramolecular Hbond substituents is 1. The van der Waals surface area contributed by atoms with Gasteiger partial charge in [-0.15, -0.1) is 5.10 Å². The summed E-state index contributed by atoms with van der Waals surface area (Å²) in [5, 5.41) is 14.6. The number of hydrogen-bond acceptors (Lipinski definition) is 6. The fourth-order valence-corrected chi connectivity index (χ4v) is 3.31. The second-order valence-electron chi connectivity index (χ2n) is 6.78. The van der Waals surface area contributed by atoms with Crippen molar-refractivity contribution in [1.29, 1.82) is 0 Å². The van der Waals surface area contributed by atoms with Crippen LogP contribution in [0.2, 0.25) is 0 Å². The quantitative estimate of drug-likeness (QED) is 0.721. The van der Waals surface area contributed by atoms with Crippen molar-refractivity contribution in [2.24, 2.45) is 0 Å². The Morgan fingerprint density at radius 3 is 2.71 bits per heavy atom. The van der Waals surface area contributed by atoms with E-state index in [-0.39, 0.29) is 17.2 Å². The molecule has 0 spiro atoms. The topological polar surface area (TPSA) is 75.8 Å². The summed E-state index contributed by atoms with van der Waals surface area (Å²) in [5.41, 5.74) is -0.0741. The van der Waals surface area contributed by atoms with Crippen molar-refractivity contribution in [1.82, 2.24) is 19.6 Å². The van der Waals surface area contributed by atoms with Gasteiger partial charge in [0, 0.05) is 24.8 Å². The fourth-order valence-electron chi connectivity index (χ4n) is 3.31. The lowest BCUT2D eigenvalue weighted by molar-refractivity contribution is -0.137. The van der Waals surface area contributed by atoms with Crippen LogP contribution in [0.25, 0.3) is 17.0 Å². The fraction of sp³-hybridized carbons (Fsp3) is 0.389. The molecule has 0 saturated carbocycles. The van der Waals surface area contributed by atoms with Gasteiger partial charge >= 0.3 is 6.18 Å². The molecule has 4 rings (SSSR count). The number of alkyl halides is 3. The minimum atomic E-state index is -4.53. The predicted molar refractivity (Wildman–Crippen MR) is 95.2 cm³/mol. The molecule has 28 heavy (non-hydrogen) atoms. The number of rotatable bonds is 2. The number of aryl methyl sites for hydroxylation is 1. The number of nitrogens with zero attached hydrogens (tertiary/aromatic N) is 5. The summed E-state index contributed by atoms with van der Waals surface area (Å²) in [6, 6.07) is 3.28. The van der Waals surface area contributed by atoms with Crippen LogP contribution >= 0.6 is 0 Å². The SMILES string of the molecule is Cc1cc(C(F)(F)F)cc(O)c1-c1ccn2nc(N3CCO[C@@H](C)C3)nc2n1. The molecular formula is C18H18F3N5O2. The van der Waals surface area contributed by atoms with Crippen molar-refractivity contribution in [3.63, 3.8) is 0 Å². The Balaban J connectivity index is 1.72. The van der Waals surface area contributed by atoms with Crippen LogP contribution < -0.4 is 4.90 Å². The molecule has 1 N–H and O–H groups in total. The molecule has 0 radical (unpaired) electrons. The van der Waals surface area contributed by atoms with Crippen LogP contribution in [0.4, 0.5) is 19.1 Å². The smallest absolute Gasteiger partial charge is 0.416 e. The number of halogens is 3. The van der Waals surface area contributed by atoms with E-state index in [1.807, 2.05) is 11.8 Å². The first-order chi connectivity index (χ1) is 13.2. The van der Waals surface area contributed by atoms with Gasteiger partial charge in [-0.05, 0) is 37.6 Å². The molecule has 1 aliphatic heterocycles. The van der Waals surface area contributed by atoms with Crippen LogP contribution in [0.15, 0.2) is 24.4 Å². The highest BCUT2D eigenvalue weighted by Crippen LogP contribution is 2.38. The molecule has 0 bridgehead atoms. The normalized spacial score (nSPS) is 18.0. The van der Waals surface area contributed by atoms with Crippen LogP contribution in [-0.4, -0.2) is 50.5 Å². The van der Waals surface area contributed by atoms with Crippen LogP contribution in [0.5, 0.6) is 5.75 Å². The first-order valence-corrected chi connectivity index (χ1v) is 8.73. The van der Waals surface area contributed by atoms with Gasteiger partial charge in [-0.1, -0.05) is 0 Å². The maximum Gasteiger partial charge on any atom is 0.416 e. The Labute approximate surface area is 158 Å². The summed E-state index contributed by atoms with van der Waals surface area (Å²) in [4.78, 5) is 10.8. The van der Waals surface area contributed by atoms with Gasteiger partial charge in [0.05, 0.1) is 24.0 Å². The van der Waals surface area contributed by atoms with Crippen molar-refractivity contribution >= 4 is 11.7 Å². The van der Waals surface area contributed by atoms with Gasteiger partial charge in [-0.3, -0.25) is 0 Å². The largest absolute Gasteiger partial charge is 0.507 e. The zero-order valence-corrected chi connectivity index (χ0v) is 15.2. The lowest BCUT2D eigenvalue weighted by Crippen LogP contribution is -2.41. The average molecular weight is 393 g/mol. The molecule has 1 fully saturated rings. The lowest BCUT2D eigenvalue weighted by atomic mass is 10.0. The van der Waals surface area contributed by atoms with E-state index in [4.69, 9.17) is 4.74 Å². The number of aromatic hydroxyl groups is 1. The van der Waals surface area contributed by atoms with Gasteiger partial charge in [0.15, 0.2) is 0 Å². The molecule has 1 aliphatic rings. The third kappa shape index (κ3) is 3.35. The highest BCUT2D eigenvalue weighted by atomic mass is 19.4. The van der Waals surface area contributed by atoms with E-state index in [0.29, 0.717) is 43.2 Å². The van der Waals surface area contributed by atoms with E-state index in [0.717, 1.165) is 6.07 Å². The monoisotopic (exact) mass is 393 g/mol. The van der Waals surface area contributed by atoms with Gasteiger partial charge in [0.2, 0.25) is 5.95 Å². The molecule has 3 heterocycles. The van der Waals surface area contributed by atoms with Gasteiger partial charge in [-0.2, -0.15) is 18.2 Å². The van der Waals surface area contributed by atoms with E-state index in [9.17, 15) is 18.3 Å². The summed E-state index contributed by atoms with van der Waals surface area (Å²) in [6.07, 6.45) is -2.85. The zero-order valence-electron chi connectivity index (χ0n) is 15.2. The maximum absolute atomic E-state index is 12.9. The molecule has 2 aromatic heterocycles. The number of phenols is 1. The summed E-state index contributed by atoms with van der Waals surface area (Å²) in [6.45, 7) is 5.36. The Hall–Kier alpha value is -2.88. The maximum atomic E-state index is 12.9. The number of anilines is 1. The van der Waals surface area contributed by atoms with Gasteiger partial charge < -0.3 is 14.7 Å². The third-order valence-corrected chi connectivity index (χ3v) is 4.62. The highest BCUT2D eigenvalue weighted by molar-refractivity contribution is 5.72. The Morgan fingerprint density at radius 2 is 2.04 bits per heavy atom. The summed E-state index contributed by atoms with van der Waals surface area (Å²) in [7, 11) is 0. The van der Waals surface area contributed by atoms with E-state index in [2.05, 4.69) is 15.1 Å². The van der Waals surface area contributed by atoms with Crippen LogP contribution in [0.1, 0.15) is 18.1 Å².